The number of hydrogen-bond acceptors (Lipinski definition) is 3. The maximum atomic E-state index is 11.7. The Balaban J connectivity index is 2.19. The van der Waals surface area contributed by atoms with Gasteiger partial charge in [0.25, 0.3) is 0 Å². The molecular formula is C22H29NO2. The molecular weight excluding hydrogens is 310 g/mol. The van der Waals surface area contributed by atoms with Crippen molar-refractivity contribution in [2.24, 2.45) is 0 Å². The molecule has 0 bridgehead atoms. The van der Waals surface area contributed by atoms with Crippen LogP contribution in [0.25, 0.3) is 0 Å². The Kier molecular flexibility index (Phi) is 7.52. The zero-order chi connectivity index (χ0) is 18.1. The Hall–Kier alpha value is -2.29. The highest BCUT2D eigenvalue weighted by molar-refractivity contribution is 5.89. The van der Waals surface area contributed by atoms with E-state index in [4.69, 9.17) is 4.74 Å². The highest BCUT2D eigenvalue weighted by Crippen LogP contribution is 2.28. The summed E-state index contributed by atoms with van der Waals surface area (Å²) in [6.45, 7) is 5.48. The van der Waals surface area contributed by atoms with Crippen LogP contribution in [0, 0.1) is 0 Å². The van der Waals surface area contributed by atoms with Crippen LogP contribution in [0.3, 0.4) is 0 Å². The van der Waals surface area contributed by atoms with Crippen molar-refractivity contribution in [2.75, 3.05) is 18.6 Å². The predicted octanol–water partition coefficient (Wildman–Crippen LogP) is 5.62. The number of methoxy groups -OCH3 is 1. The standard InChI is InChI=1S/C22H29NO2/c1-4-5-6-10-17-23(18(2)19-11-8-7-9-12-19)21-15-13-20(14-16-21)22(24)25-3/h7-9,11-16,18H,4-6,10,17H2,1-3H3/t18-/m0/s1. The molecule has 0 saturated heterocycles. The molecule has 0 amide bonds. The first-order valence-electron chi connectivity index (χ1n) is 9.17. The molecule has 0 radical (unpaired) electrons. The van der Waals surface area contributed by atoms with Crippen LogP contribution in [0.1, 0.15) is 61.5 Å². The molecule has 0 aliphatic heterocycles. The van der Waals surface area contributed by atoms with Gasteiger partial charge < -0.3 is 9.64 Å². The maximum Gasteiger partial charge on any atom is 0.337 e. The molecule has 1 atom stereocenters. The number of benzene rings is 2. The lowest BCUT2D eigenvalue weighted by atomic mass is 10.0. The van der Waals surface area contributed by atoms with Crippen LogP contribution in [0.5, 0.6) is 0 Å². The van der Waals surface area contributed by atoms with Gasteiger partial charge in [-0.3, -0.25) is 0 Å². The number of rotatable bonds is 9. The van der Waals surface area contributed by atoms with E-state index in [1.807, 2.05) is 30.3 Å². The lowest BCUT2D eigenvalue weighted by molar-refractivity contribution is 0.0601. The molecule has 3 heteroatoms. The summed E-state index contributed by atoms with van der Waals surface area (Å²) in [5.74, 6) is -0.294. The van der Waals surface area contributed by atoms with E-state index in [2.05, 4.69) is 43.0 Å². The van der Waals surface area contributed by atoms with Gasteiger partial charge in [0.05, 0.1) is 18.7 Å². The van der Waals surface area contributed by atoms with Crippen molar-refractivity contribution >= 4 is 11.7 Å². The molecule has 0 unspecified atom stereocenters. The highest BCUT2D eigenvalue weighted by atomic mass is 16.5. The molecule has 0 N–H and O–H groups in total. The Morgan fingerprint density at radius 3 is 2.28 bits per heavy atom. The first-order valence-corrected chi connectivity index (χ1v) is 9.17. The molecule has 2 aromatic carbocycles. The lowest BCUT2D eigenvalue weighted by Gasteiger charge is -2.32. The molecule has 25 heavy (non-hydrogen) atoms. The fourth-order valence-corrected chi connectivity index (χ4v) is 3.07. The van der Waals surface area contributed by atoms with E-state index in [0.29, 0.717) is 5.56 Å². The zero-order valence-electron chi connectivity index (χ0n) is 15.6. The predicted molar refractivity (Wildman–Crippen MR) is 104 cm³/mol. The third-order valence-electron chi connectivity index (χ3n) is 4.62. The van der Waals surface area contributed by atoms with Crippen molar-refractivity contribution in [3.05, 3.63) is 65.7 Å². The Morgan fingerprint density at radius 1 is 1.00 bits per heavy atom. The van der Waals surface area contributed by atoms with Crippen molar-refractivity contribution < 1.29 is 9.53 Å². The van der Waals surface area contributed by atoms with Crippen molar-refractivity contribution in [2.45, 2.75) is 45.6 Å². The fourth-order valence-electron chi connectivity index (χ4n) is 3.07. The van der Waals surface area contributed by atoms with E-state index >= 15 is 0 Å². The monoisotopic (exact) mass is 339 g/mol. The minimum absolute atomic E-state index is 0.284. The third-order valence-corrected chi connectivity index (χ3v) is 4.62. The second-order valence-corrected chi connectivity index (χ2v) is 6.38. The van der Waals surface area contributed by atoms with E-state index in [1.165, 1.54) is 38.4 Å². The van der Waals surface area contributed by atoms with Gasteiger partial charge in [-0.1, -0.05) is 56.5 Å². The van der Waals surface area contributed by atoms with E-state index in [-0.39, 0.29) is 12.0 Å². The van der Waals surface area contributed by atoms with Gasteiger partial charge in [0.15, 0.2) is 0 Å². The maximum absolute atomic E-state index is 11.7. The van der Waals surface area contributed by atoms with Gasteiger partial charge in [0, 0.05) is 12.2 Å². The van der Waals surface area contributed by atoms with Crippen LogP contribution in [0.2, 0.25) is 0 Å². The molecule has 0 aromatic heterocycles. The average Bonchev–Trinajstić information content (AvgIpc) is 2.68. The molecule has 134 valence electrons. The SMILES string of the molecule is CCCCCCN(c1ccc(C(=O)OC)cc1)[C@@H](C)c1ccccc1. The van der Waals surface area contributed by atoms with Crippen LogP contribution in [0.4, 0.5) is 5.69 Å². The molecule has 0 aliphatic rings. The van der Waals surface area contributed by atoms with Crippen LogP contribution in [0.15, 0.2) is 54.6 Å². The normalized spacial score (nSPS) is 11.8. The Bertz CT molecular complexity index is 637. The molecule has 2 rings (SSSR count). The van der Waals surface area contributed by atoms with Gasteiger partial charge in [0.1, 0.15) is 0 Å². The molecule has 0 aliphatic carbocycles. The fraction of sp³-hybridized carbons (Fsp3) is 0.409. The Morgan fingerprint density at radius 2 is 1.68 bits per heavy atom. The topological polar surface area (TPSA) is 29.5 Å². The first-order chi connectivity index (χ1) is 12.2. The lowest BCUT2D eigenvalue weighted by Crippen LogP contribution is -2.28. The van der Waals surface area contributed by atoms with Gasteiger partial charge in [-0.05, 0) is 43.2 Å². The summed E-state index contributed by atoms with van der Waals surface area (Å²) in [6.07, 6.45) is 4.93. The molecule has 3 nitrogen and oxygen atoms in total. The summed E-state index contributed by atoms with van der Waals surface area (Å²) in [6, 6.07) is 18.6. The summed E-state index contributed by atoms with van der Waals surface area (Å²) in [4.78, 5) is 14.1. The second-order valence-electron chi connectivity index (χ2n) is 6.38. The summed E-state index contributed by atoms with van der Waals surface area (Å²) in [7, 11) is 1.41. The number of hydrogen-bond donors (Lipinski definition) is 0. The van der Waals surface area contributed by atoms with Crippen LogP contribution in [-0.2, 0) is 4.74 Å². The quantitative estimate of drug-likeness (QED) is 0.438. The summed E-state index contributed by atoms with van der Waals surface area (Å²) < 4.78 is 4.79. The minimum atomic E-state index is -0.294. The highest BCUT2D eigenvalue weighted by Gasteiger charge is 2.16. The number of unbranched alkanes of at least 4 members (excludes halogenated alkanes) is 3. The van der Waals surface area contributed by atoms with Gasteiger partial charge in [-0.25, -0.2) is 4.79 Å². The Labute approximate surface area is 151 Å². The summed E-state index contributed by atoms with van der Waals surface area (Å²) in [5.41, 5.74) is 3.03. The van der Waals surface area contributed by atoms with Crippen LogP contribution >= 0.6 is 0 Å². The van der Waals surface area contributed by atoms with Gasteiger partial charge in [-0.2, -0.15) is 0 Å². The molecule has 0 heterocycles. The second kappa shape index (κ2) is 9.87. The number of esters is 1. The average molecular weight is 339 g/mol. The number of ether oxygens (including phenoxy) is 1. The van der Waals surface area contributed by atoms with Gasteiger partial charge >= 0.3 is 5.97 Å². The largest absolute Gasteiger partial charge is 0.465 e. The van der Waals surface area contributed by atoms with Gasteiger partial charge in [-0.15, -0.1) is 0 Å². The minimum Gasteiger partial charge on any atom is -0.465 e. The van der Waals surface area contributed by atoms with E-state index in [0.717, 1.165) is 12.2 Å². The first kappa shape index (κ1) is 19.0. The molecule has 0 saturated carbocycles. The van der Waals surface area contributed by atoms with Crippen LogP contribution < -0.4 is 4.90 Å². The smallest absolute Gasteiger partial charge is 0.337 e. The summed E-state index contributed by atoms with van der Waals surface area (Å²) in [5, 5.41) is 0. The van der Waals surface area contributed by atoms with Crippen molar-refractivity contribution in [1.29, 1.82) is 0 Å². The number of carbonyl (C=O) groups is 1. The zero-order valence-corrected chi connectivity index (χ0v) is 15.6. The van der Waals surface area contributed by atoms with Crippen LogP contribution in [-0.4, -0.2) is 19.6 Å². The van der Waals surface area contributed by atoms with E-state index < -0.39 is 0 Å². The van der Waals surface area contributed by atoms with Crippen molar-refractivity contribution in [1.82, 2.24) is 0 Å². The molecule has 2 aromatic rings. The van der Waals surface area contributed by atoms with E-state index in [1.54, 1.807) is 0 Å². The summed E-state index contributed by atoms with van der Waals surface area (Å²) >= 11 is 0. The number of anilines is 1. The molecule has 0 fully saturated rings. The van der Waals surface area contributed by atoms with E-state index in [9.17, 15) is 4.79 Å². The van der Waals surface area contributed by atoms with Crippen molar-refractivity contribution in [3.63, 3.8) is 0 Å². The van der Waals surface area contributed by atoms with Crippen molar-refractivity contribution in [3.8, 4) is 0 Å². The third kappa shape index (κ3) is 5.35. The van der Waals surface area contributed by atoms with Gasteiger partial charge in [0.2, 0.25) is 0 Å². The number of carbonyl (C=O) groups excluding carboxylic acids is 1. The molecule has 0 spiro atoms. The number of nitrogens with zero attached hydrogens (tertiary/aromatic N) is 1.